The second kappa shape index (κ2) is 1.90. The van der Waals surface area contributed by atoms with Crippen LogP contribution >= 0.6 is 0 Å². The molecule has 2 heterocycles. The van der Waals surface area contributed by atoms with Crippen LogP contribution in [0.5, 0.6) is 0 Å². The van der Waals surface area contributed by atoms with Gasteiger partial charge in [0.05, 0.1) is 0 Å². The minimum absolute atomic E-state index is 0. The Morgan fingerprint density at radius 2 is 1.50 bits per heavy atom. The van der Waals surface area contributed by atoms with Crippen molar-refractivity contribution in [3.05, 3.63) is 12.5 Å². The highest BCUT2D eigenvalue weighted by molar-refractivity contribution is 5.47. The summed E-state index contributed by atoms with van der Waals surface area (Å²) >= 11 is 0. The standard InChI is InChI=1S/C4H2N4O2/c1-3(5-7-9-1)4-2-10-8-6-4/h1-2H/p+1. The van der Waals surface area contributed by atoms with E-state index in [2.05, 4.69) is 29.8 Å². The Balaban J connectivity index is 0.000000605. The molecule has 0 unspecified atom stereocenters. The molecule has 2 aromatic rings. The van der Waals surface area contributed by atoms with E-state index in [1.165, 1.54) is 12.5 Å². The highest BCUT2D eigenvalue weighted by Gasteiger charge is 2.04. The van der Waals surface area contributed by atoms with Gasteiger partial charge in [0.1, 0.15) is 0 Å². The third-order valence-corrected chi connectivity index (χ3v) is 0.983. The van der Waals surface area contributed by atoms with Crippen molar-refractivity contribution in [3.8, 4) is 11.4 Å². The summed E-state index contributed by atoms with van der Waals surface area (Å²) in [6.45, 7) is 0. The Morgan fingerprint density at radius 3 is 1.80 bits per heavy atom. The molecule has 0 aliphatic rings. The first-order chi connectivity index (χ1) is 4.97. The molecule has 2 aromatic heterocycles. The van der Waals surface area contributed by atoms with Crippen molar-refractivity contribution in [2.75, 3.05) is 0 Å². The largest absolute Gasteiger partial charge is 1.00 e. The predicted octanol–water partition coefficient (Wildman–Crippen LogP) is 0.232. The van der Waals surface area contributed by atoms with E-state index in [9.17, 15) is 0 Å². The number of hydrogen-bond donors (Lipinski definition) is 0. The molecule has 2 rings (SSSR count). The second-order valence-corrected chi connectivity index (χ2v) is 1.58. The molecule has 0 fully saturated rings. The number of rotatable bonds is 1. The van der Waals surface area contributed by atoms with Gasteiger partial charge in [-0.05, 0) is 0 Å². The van der Waals surface area contributed by atoms with Crippen molar-refractivity contribution >= 4 is 0 Å². The van der Waals surface area contributed by atoms with Gasteiger partial charge in [0.25, 0.3) is 0 Å². The van der Waals surface area contributed by atoms with Crippen LogP contribution in [0.15, 0.2) is 21.6 Å². The smallest absolute Gasteiger partial charge is 0.345 e. The van der Waals surface area contributed by atoms with E-state index in [0.29, 0.717) is 11.4 Å². The number of aromatic nitrogens is 4. The van der Waals surface area contributed by atoms with E-state index in [-0.39, 0.29) is 1.43 Å². The van der Waals surface area contributed by atoms with Crippen LogP contribution in [0.3, 0.4) is 0 Å². The van der Waals surface area contributed by atoms with Gasteiger partial charge in [-0.3, -0.25) is 0 Å². The topological polar surface area (TPSA) is 77.8 Å². The van der Waals surface area contributed by atoms with E-state index < -0.39 is 0 Å². The van der Waals surface area contributed by atoms with Crippen LogP contribution in [-0.4, -0.2) is 20.7 Å². The molecule has 0 bridgehead atoms. The van der Waals surface area contributed by atoms with Crippen molar-refractivity contribution in [2.45, 2.75) is 0 Å². The fourth-order valence-corrected chi connectivity index (χ4v) is 0.552. The molecule has 0 saturated heterocycles. The molecule has 0 saturated carbocycles. The molecule has 0 aliphatic carbocycles. The normalized spacial score (nSPS) is 10.0. The average Bonchev–Trinajstić information content (AvgIpc) is 2.59. The van der Waals surface area contributed by atoms with Gasteiger partial charge in [-0.25, -0.2) is 0 Å². The van der Waals surface area contributed by atoms with E-state index in [4.69, 9.17) is 0 Å². The fourth-order valence-electron chi connectivity index (χ4n) is 0.552. The zero-order valence-electron chi connectivity index (χ0n) is 5.76. The van der Waals surface area contributed by atoms with Crippen molar-refractivity contribution in [3.63, 3.8) is 0 Å². The Morgan fingerprint density at radius 1 is 1.00 bits per heavy atom. The lowest BCUT2D eigenvalue weighted by molar-refractivity contribution is 0.392. The fraction of sp³-hybridized carbons (Fsp3) is 0. The van der Waals surface area contributed by atoms with Crippen LogP contribution in [0.25, 0.3) is 11.4 Å². The molecule has 50 valence electrons. The van der Waals surface area contributed by atoms with E-state index in [1.54, 1.807) is 0 Å². The Kier molecular flexibility index (Phi) is 0.970. The van der Waals surface area contributed by atoms with Gasteiger partial charge in [-0.15, -0.1) is 10.2 Å². The highest BCUT2D eigenvalue weighted by Crippen LogP contribution is 2.09. The molecule has 0 N–H and O–H groups in total. The number of nitrogens with zero attached hydrogens (tertiary/aromatic N) is 4. The minimum atomic E-state index is 0. The van der Waals surface area contributed by atoms with Gasteiger partial charge in [-0.1, -0.05) is 0 Å². The second-order valence-electron chi connectivity index (χ2n) is 1.58. The summed E-state index contributed by atoms with van der Waals surface area (Å²) in [7, 11) is 0. The molecule has 0 radical (unpaired) electrons. The lowest BCUT2D eigenvalue weighted by Crippen LogP contribution is -1.76. The summed E-state index contributed by atoms with van der Waals surface area (Å²) in [5.74, 6) is 0. The van der Waals surface area contributed by atoms with Gasteiger partial charge in [0.15, 0.2) is 23.9 Å². The lowest BCUT2D eigenvalue weighted by Gasteiger charge is -1.74. The molecule has 0 aliphatic heterocycles. The highest BCUT2D eigenvalue weighted by atomic mass is 16.5. The van der Waals surface area contributed by atoms with Gasteiger partial charge in [0.2, 0.25) is 0 Å². The lowest BCUT2D eigenvalue weighted by atomic mass is 10.4. The zero-order valence-corrected chi connectivity index (χ0v) is 4.76. The molecule has 6 heteroatoms. The van der Waals surface area contributed by atoms with Crippen molar-refractivity contribution < 1.29 is 10.5 Å². The third-order valence-electron chi connectivity index (χ3n) is 0.983. The van der Waals surface area contributed by atoms with Gasteiger partial charge >= 0.3 is 1.43 Å². The van der Waals surface area contributed by atoms with Crippen molar-refractivity contribution in [2.24, 2.45) is 0 Å². The summed E-state index contributed by atoms with van der Waals surface area (Å²) in [5.41, 5.74) is 1.03. The quantitative estimate of drug-likeness (QED) is 0.562. The van der Waals surface area contributed by atoms with E-state index in [1.807, 2.05) is 0 Å². The molecule has 0 spiro atoms. The van der Waals surface area contributed by atoms with Crippen LogP contribution in [0.1, 0.15) is 1.43 Å². The van der Waals surface area contributed by atoms with Crippen LogP contribution < -0.4 is 0 Å². The molecule has 0 atom stereocenters. The molecular formula is C4H3N4O2+. The van der Waals surface area contributed by atoms with E-state index in [0.717, 1.165) is 0 Å². The predicted molar refractivity (Wildman–Crippen MR) is 28.7 cm³/mol. The van der Waals surface area contributed by atoms with Crippen LogP contribution in [0.4, 0.5) is 0 Å². The van der Waals surface area contributed by atoms with Crippen LogP contribution in [-0.2, 0) is 0 Å². The molecule has 0 aromatic carbocycles. The molecule has 10 heavy (non-hydrogen) atoms. The maximum absolute atomic E-state index is 4.47. The summed E-state index contributed by atoms with van der Waals surface area (Å²) in [6, 6.07) is 0. The maximum atomic E-state index is 4.47. The zero-order chi connectivity index (χ0) is 6.81. The van der Waals surface area contributed by atoms with Gasteiger partial charge < -0.3 is 9.05 Å². The summed E-state index contributed by atoms with van der Waals surface area (Å²) in [6.07, 6.45) is 2.72. The van der Waals surface area contributed by atoms with E-state index >= 15 is 0 Å². The van der Waals surface area contributed by atoms with Crippen LogP contribution in [0, 0.1) is 0 Å². The molecule has 0 amide bonds. The Labute approximate surface area is 56.3 Å². The summed E-state index contributed by atoms with van der Waals surface area (Å²) in [4.78, 5) is 0. The van der Waals surface area contributed by atoms with Gasteiger partial charge in [0, 0.05) is 10.5 Å². The first kappa shape index (κ1) is 5.10. The Bertz CT molecular complexity index is 260. The third kappa shape index (κ3) is 0.661. The summed E-state index contributed by atoms with van der Waals surface area (Å²) < 4.78 is 8.94. The maximum Gasteiger partial charge on any atom is 1.00 e. The first-order valence-electron chi connectivity index (χ1n) is 2.51. The van der Waals surface area contributed by atoms with Crippen molar-refractivity contribution in [1.82, 2.24) is 20.7 Å². The summed E-state index contributed by atoms with van der Waals surface area (Å²) in [5, 5.41) is 13.6. The number of hydrogen-bond acceptors (Lipinski definition) is 6. The van der Waals surface area contributed by atoms with Crippen molar-refractivity contribution in [1.29, 1.82) is 0 Å². The van der Waals surface area contributed by atoms with Crippen LogP contribution in [0.2, 0.25) is 0 Å². The average molecular weight is 139 g/mol. The Hall–Kier alpha value is -1.72. The SMILES string of the molecule is [H+].c1onnc1-c1conn1. The minimum Gasteiger partial charge on any atom is -0.345 e. The molecule has 6 nitrogen and oxygen atoms in total. The molecular weight excluding hydrogens is 136 g/mol. The van der Waals surface area contributed by atoms with Gasteiger partial charge in [-0.2, -0.15) is 0 Å². The first-order valence-corrected chi connectivity index (χ1v) is 2.51. The monoisotopic (exact) mass is 139 g/mol.